The van der Waals surface area contributed by atoms with Gasteiger partial charge in [0.2, 0.25) is 0 Å². The van der Waals surface area contributed by atoms with Gasteiger partial charge < -0.3 is 10.2 Å². The third-order valence-corrected chi connectivity index (χ3v) is 6.08. The van der Waals surface area contributed by atoms with Crippen molar-refractivity contribution in [1.82, 2.24) is 0 Å². The minimum Gasteiger partial charge on any atom is -0.478 e. The number of hydrogen-bond acceptors (Lipinski definition) is 2. The molecule has 5 heteroatoms. The minimum absolute atomic E-state index is 0.0184. The van der Waals surface area contributed by atoms with E-state index < -0.39 is 25.4 Å². The molecule has 18 heavy (non-hydrogen) atoms. The number of rotatable bonds is 4. The Kier molecular flexibility index (Phi) is 4.94. The molecule has 0 saturated carbocycles. The normalized spacial score (nSPS) is 15.9. The van der Waals surface area contributed by atoms with Gasteiger partial charge in [-0.2, -0.15) is 0 Å². The number of carboxylic acids is 2. The Morgan fingerprint density at radius 2 is 1.39 bits per heavy atom. The SMILES string of the molecule is CC(/C(C(=O)O)=C(\C(=O)O)C(C)(C)C)[Si](C)(C)C. The molecule has 0 fully saturated rings. The molecule has 2 N–H and O–H groups in total. The highest BCUT2D eigenvalue weighted by atomic mass is 28.3. The van der Waals surface area contributed by atoms with Crippen molar-refractivity contribution in [2.75, 3.05) is 0 Å². The summed E-state index contributed by atoms with van der Waals surface area (Å²) in [6.07, 6.45) is 0. The maximum atomic E-state index is 11.5. The lowest BCUT2D eigenvalue weighted by molar-refractivity contribution is -0.136. The average molecular weight is 272 g/mol. The second kappa shape index (κ2) is 5.26. The average Bonchev–Trinajstić information content (AvgIpc) is 2.07. The van der Waals surface area contributed by atoms with Gasteiger partial charge in [0.15, 0.2) is 0 Å². The van der Waals surface area contributed by atoms with E-state index in [-0.39, 0.29) is 16.7 Å². The van der Waals surface area contributed by atoms with Crippen molar-refractivity contribution in [3.8, 4) is 0 Å². The van der Waals surface area contributed by atoms with Crippen LogP contribution in [0.4, 0.5) is 0 Å². The molecule has 0 bridgehead atoms. The summed E-state index contributed by atoms with van der Waals surface area (Å²) in [4.78, 5) is 22.9. The number of carboxylic acid groups (broad SMARTS) is 2. The summed E-state index contributed by atoms with van der Waals surface area (Å²) < 4.78 is 0. The lowest BCUT2D eigenvalue weighted by atomic mass is 9.82. The zero-order valence-corrected chi connectivity index (χ0v) is 13.3. The van der Waals surface area contributed by atoms with E-state index >= 15 is 0 Å². The van der Waals surface area contributed by atoms with Gasteiger partial charge in [-0.15, -0.1) is 0 Å². The molecular weight excluding hydrogens is 248 g/mol. The minimum atomic E-state index is -1.78. The predicted molar refractivity (Wildman–Crippen MR) is 74.5 cm³/mol. The first-order valence-corrected chi connectivity index (χ1v) is 9.59. The third kappa shape index (κ3) is 3.98. The molecule has 0 radical (unpaired) electrons. The van der Waals surface area contributed by atoms with E-state index in [1.807, 2.05) is 26.6 Å². The van der Waals surface area contributed by atoms with Crippen molar-refractivity contribution in [2.24, 2.45) is 5.41 Å². The van der Waals surface area contributed by atoms with Crippen molar-refractivity contribution in [1.29, 1.82) is 0 Å². The Hall–Kier alpha value is -1.10. The molecule has 0 aliphatic heterocycles. The Bertz CT molecular complexity index is 383. The zero-order valence-electron chi connectivity index (χ0n) is 12.3. The predicted octanol–water partition coefficient (Wildman–Crippen LogP) is 3.23. The summed E-state index contributed by atoms with van der Waals surface area (Å²) in [6.45, 7) is 13.2. The molecule has 1 atom stereocenters. The fraction of sp³-hybridized carbons (Fsp3) is 0.692. The van der Waals surface area contributed by atoms with E-state index in [2.05, 4.69) is 0 Å². The van der Waals surface area contributed by atoms with Gasteiger partial charge in [-0.05, 0) is 11.0 Å². The van der Waals surface area contributed by atoms with Crippen LogP contribution in [0.1, 0.15) is 27.7 Å². The van der Waals surface area contributed by atoms with Gasteiger partial charge in [-0.3, -0.25) is 0 Å². The molecular formula is C13H24O4Si. The van der Waals surface area contributed by atoms with Gasteiger partial charge in [-0.1, -0.05) is 47.3 Å². The van der Waals surface area contributed by atoms with Gasteiger partial charge in [-0.25, -0.2) is 9.59 Å². The van der Waals surface area contributed by atoms with Crippen LogP contribution in [-0.4, -0.2) is 30.2 Å². The first-order chi connectivity index (χ1) is 7.80. The zero-order chi connectivity index (χ0) is 14.9. The van der Waals surface area contributed by atoms with Gasteiger partial charge >= 0.3 is 11.9 Å². The molecule has 0 aromatic heterocycles. The van der Waals surface area contributed by atoms with E-state index in [9.17, 15) is 19.8 Å². The molecule has 0 aromatic rings. The van der Waals surface area contributed by atoms with Gasteiger partial charge in [0.05, 0.1) is 13.6 Å². The van der Waals surface area contributed by atoms with Gasteiger partial charge in [0.25, 0.3) is 0 Å². The van der Waals surface area contributed by atoms with Crippen molar-refractivity contribution < 1.29 is 19.8 Å². The quantitative estimate of drug-likeness (QED) is 0.608. The molecule has 0 amide bonds. The molecule has 0 rings (SSSR count). The Morgan fingerprint density at radius 3 is 1.56 bits per heavy atom. The third-order valence-electron chi connectivity index (χ3n) is 3.20. The number of hydrogen-bond donors (Lipinski definition) is 2. The van der Waals surface area contributed by atoms with Crippen LogP contribution in [0.15, 0.2) is 11.1 Å². The highest BCUT2D eigenvalue weighted by molar-refractivity contribution is 6.78. The number of aliphatic carboxylic acids is 2. The molecule has 0 aromatic carbocycles. The molecule has 0 spiro atoms. The van der Waals surface area contributed by atoms with Gasteiger partial charge in [0.1, 0.15) is 0 Å². The molecule has 104 valence electrons. The summed E-state index contributed by atoms with van der Waals surface area (Å²) in [6, 6.07) is 0. The van der Waals surface area contributed by atoms with Gasteiger partial charge in [0, 0.05) is 5.57 Å². The first kappa shape index (κ1) is 16.9. The lowest BCUT2D eigenvalue weighted by Crippen LogP contribution is -2.33. The second-order valence-corrected chi connectivity index (χ2v) is 12.3. The summed E-state index contributed by atoms with van der Waals surface area (Å²) >= 11 is 0. The topological polar surface area (TPSA) is 74.6 Å². The van der Waals surface area contributed by atoms with E-state index in [0.717, 1.165) is 0 Å². The van der Waals surface area contributed by atoms with E-state index in [0.29, 0.717) is 0 Å². The van der Waals surface area contributed by atoms with E-state index in [4.69, 9.17) is 0 Å². The largest absolute Gasteiger partial charge is 0.478 e. The summed E-state index contributed by atoms with van der Waals surface area (Å²) in [5.41, 5.74) is -0.813. The number of carbonyl (C=O) groups is 2. The molecule has 0 heterocycles. The monoisotopic (exact) mass is 272 g/mol. The highest BCUT2D eigenvalue weighted by Gasteiger charge is 2.37. The fourth-order valence-corrected chi connectivity index (χ4v) is 2.92. The van der Waals surface area contributed by atoms with Crippen LogP contribution >= 0.6 is 0 Å². The fourth-order valence-electron chi connectivity index (χ4n) is 1.78. The highest BCUT2D eigenvalue weighted by Crippen LogP contribution is 2.37. The smallest absolute Gasteiger partial charge is 0.332 e. The Balaban J connectivity index is 6.14. The standard InChI is InChI=1S/C13H24O4Si/c1-8(18(5,6)7)9(11(14)15)10(12(16)17)13(2,3)4/h8H,1-7H3,(H,14,15)(H,16,17)/b10-9-. The van der Waals surface area contributed by atoms with Crippen LogP contribution < -0.4 is 0 Å². The van der Waals surface area contributed by atoms with Crippen LogP contribution in [0.2, 0.25) is 25.2 Å². The summed E-state index contributed by atoms with van der Waals surface area (Å²) in [7, 11) is -1.78. The van der Waals surface area contributed by atoms with E-state index in [1.54, 1.807) is 20.8 Å². The molecule has 0 aliphatic carbocycles. The van der Waals surface area contributed by atoms with Crippen molar-refractivity contribution in [3.63, 3.8) is 0 Å². The first-order valence-electron chi connectivity index (χ1n) is 6.01. The molecule has 4 nitrogen and oxygen atoms in total. The van der Waals surface area contributed by atoms with Crippen LogP contribution in [0.5, 0.6) is 0 Å². The van der Waals surface area contributed by atoms with Crippen LogP contribution in [-0.2, 0) is 9.59 Å². The molecule has 0 aliphatic rings. The van der Waals surface area contributed by atoms with Crippen molar-refractivity contribution in [3.05, 3.63) is 11.1 Å². The Morgan fingerprint density at radius 1 is 1.00 bits per heavy atom. The lowest BCUT2D eigenvalue weighted by Gasteiger charge is -2.30. The molecule has 1 unspecified atom stereocenters. The summed E-state index contributed by atoms with van der Waals surface area (Å²) in [5.74, 6) is -2.25. The van der Waals surface area contributed by atoms with Crippen LogP contribution in [0.3, 0.4) is 0 Å². The second-order valence-electron chi connectivity index (χ2n) is 6.74. The molecule has 0 saturated heterocycles. The van der Waals surface area contributed by atoms with Crippen LogP contribution in [0, 0.1) is 5.41 Å². The van der Waals surface area contributed by atoms with Crippen molar-refractivity contribution >= 4 is 20.0 Å². The van der Waals surface area contributed by atoms with Crippen LogP contribution in [0.25, 0.3) is 0 Å². The van der Waals surface area contributed by atoms with Crippen molar-refractivity contribution in [2.45, 2.75) is 52.9 Å². The maximum absolute atomic E-state index is 11.5. The summed E-state index contributed by atoms with van der Waals surface area (Å²) in [5, 5.41) is 18.7. The maximum Gasteiger partial charge on any atom is 0.332 e. The van der Waals surface area contributed by atoms with E-state index in [1.165, 1.54) is 0 Å². The Labute approximate surface area is 110 Å².